The zero-order valence-electron chi connectivity index (χ0n) is 13.9. The summed E-state index contributed by atoms with van der Waals surface area (Å²) in [4.78, 5) is 21.0. The van der Waals surface area contributed by atoms with Crippen LogP contribution in [0.3, 0.4) is 0 Å². The average molecular weight is 375 g/mol. The summed E-state index contributed by atoms with van der Waals surface area (Å²) in [5.41, 5.74) is 3.82. The molecule has 1 aliphatic carbocycles. The number of carbonyl (C=O) groups excluding carboxylic acids is 1. The van der Waals surface area contributed by atoms with E-state index in [1.807, 2.05) is 13.0 Å². The fourth-order valence-corrected chi connectivity index (χ4v) is 4.00. The van der Waals surface area contributed by atoms with Crippen molar-refractivity contribution in [3.05, 3.63) is 52.1 Å². The number of aryl methyl sites for hydroxylation is 3. The van der Waals surface area contributed by atoms with Crippen LogP contribution < -0.4 is 5.32 Å². The Morgan fingerprint density at radius 2 is 2.12 bits per heavy atom. The lowest BCUT2D eigenvalue weighted by atomic mass is 10.0. The van der Waals surface area contributed by atoms with Crippen LogP contribution in [0, 0.1) is 6.92 Å². The number of benzene rings is 1. The van der Waals surface area contributed by atoms with Gasteiger partial charge >= 0.3 is 0 Å². The molecule has 1 amide bonds. The van der Waals surface area contributed by atoms with Crippen LogP contribution in [0.15, 0.2) is 29.0 Å². The lowest BCUT2D eigenvalue weighted by Crippen LogP contribution is -2.13. The van der Waals surface area contributed by atoms with Gasteiger partial charge in [0.1, 0.15) is 0 Å². The number of fused-ring (bicyclic) bond motifs is 1. The highest BCUT2D eigenvalue weighted by Gasteiger charge is 2.25. The maximum Gasteiger partial charge on any atom is 0.295 e. The second-order valence-electron chi connectivity index (χ2n) is 6.08. The number of carbonyl (C=O) groups is 1. The Morgan fingerprint density at radius 3 is 2.92 bits per heavy atom. The largest absolute Gasteiger partial charge is 0.438 e. The van der Waals surface area contributed by atoms with Gasteiger partial charge in [0.25, 0.3) is 12.3 Å². The minimum Gasteiger partial charge on any atom is -0.438 e. The van der Waals surface area contributed by atoms with Crippen LogP contribution in [0.1, 0.15) is 45.1 Å². The average Bonchev–Trinajstić information content (AvgIpc) is 3.33. The van der Waals surface area contributed by atoms with Crippen LogP contribution in [-0.2, 0) is 12.8 Å². The molecule has 1 aromatic carbocycles. The zero-order valence-corrected chi connectivity index (χ0v) is 14.7. The van der Waals surface area contributed by atoms with Gasteiger partial charge in [0.15, 0.2) is 17.2 Å². The smallest absolute Gasteiger partial charge is 0.295 e. The molecule has 0 saturated heterocycles. The Balaban J connectivity index is 1.59. The number of hydrogen-bond acceptors (Lipinski definition) is 5. The summed E-state index contributed by atoms with van der Waals surface area (Å²) in [7, 11) is 0. The fourth-order valence-electron chi connectivity index (χ4n) is 3.17. The third kappa shape index (κ3) is 3.01. The zero-order chi connectivity index (χ0) is 18.3. The molecule has 0 spiro atoms. The molecule has 0 atom stereocenters. The lowest BCUT2D eigenvalue weighted by Gasteiger charge is -2.03. The standard InChI is InChI=1S/C18H15F2N3O2S/c1-9-13(12-6-5-10-3-2-4-11(10)7-12)22-18(26-9)23-17(24)15-14(16(19)20)21-8-25-15/h5-8,16H,2-4H2,1H3,(H,22,23,24). The Hall–Kier alpha value is -2.61. The third-order valence-electron chi connectivity index (χ3n) is 4.40. The van der Waals surface area contributed by atoms with Crippen LogP contribution in [-0.4, -0.2) is 15.9 Å². The number of alkyl halides is 2. The van der Waals surface area contributed by atoms with Gasteiger partial charge in [-0.25, -0.2) is 18.7 Å². The van der Waals surface area contributed by atoms with Crippen molar-refractivity contribution in [1.82, 2.24) is 9.97 Å². The molecule has 134 valence electrons. The van der Waals surface area contributed by atoms with Gasteiger partial charge in [-0.05, 0) is 43.4 Å². The van der Waals surface area contributed by atoms with Crippen molar-refractivity contribution in [2.24, 2.45) is 0 Å². The van der Waals surface area contributed by atoms with Gasteiger partial charge in [0.2, 0.25) is 5.76 Å². The molecule has 1 N–H and O–H groups in total. The SMILES string of the molecule is Cc1sc(NC(=O)c2ocnc2C(F)F)nc1-c1ccc2c(c1)CCC2. The summed E-state index contributed by atoms with van der Waals surface area (Å²) < 4.78 is 30.5. The number of anilines is 1. The van der Waals surface area contributed by atoms with E-state index in [0.29, 0.717) is 5.13 Å². The molecule has 2 aromatic heterocycles. The van der Waals surface area contributed by atoms with Crippen molar-refractivity contribution in [3.63, 3.8) is 0 Å². The van der Waals surface area contributed by atoms with Crippen molar-refractivity contribution in [1.29, 1.82) is 0 Å². The van der Waals surface area contributed by atoms with E-state index in [9.17, 15) is 13.6 Å². The highest BCUT2D eigenvalue weighted by atomic mass is 32.1. The number of hydrogen-bond donors (Lipinski definition) is 1. The lowest BCUT2D eigenvalue weighted by molar-refractivity contribution is 0.0976. The van der Waals surface area contributed by atoms with E-state index < -0.39 is 23.8 Å². The number of thiazole rings is 1. The first-order valence-corrected chi connectivity index (χ1v) is 8.97. The molecule has 5 nitrogen and oxygen atoms in total. The van der Waals surface area contributed by atoms with E-state index in [-0.39, 0.29) is 0 Å². The molecule has 3 aromatic rings. The number of nitrogens with zero attached hydrogens (tertiary/aromatic N) is 2. The molecule has 2 heterocycles. The highest BCUT2D eigenvalue weighted by Crippen LogP contribution is 2.34. The second-order valence-corrected chi connectivity index (χ2v) is 7.29. The van der Waals surface area contributed by atoms with Gasteiger partial charge in [-0.3, -0.25) is 10.1 Å². The summed E-state index contributed by atoms with van der Waals surface area (Å²) in [6.45, 7) is 1.91. The second kappa shape index (κ2) is 6.60. The predicted molar refractivity (Wildman–Crippen MR) is 93.7 cm³/mol. The Bertz CT molecular complexity index is 981. The van der Waals surface area contributed by atoms with Crippen molar-refractivity contribution in [2.45, 2.75) is 32.6 Å². The molecule has 1 aliphatic rings. The molecular formula is C18H15F2N3O2S. The van der Waals surface area contributed by atoms with Crippen molar-refractivity contribution in [2.75, 3.05) is 5.32 Å². The molecule has 4 rings (SSSR count). The molecule has 0 unspecified atom stereocenters. The van der Waals surface area contributed by atoms with Crippen molar-refractivity contribution in [3.8, 4) is 11.3 Å². The Morgan fingerprint density at radius 1 is 1.31 bits per heavy atom. The molecule has 26 heavy (non-hydrogen) atoms. The fraction of sp³-hybridized carbons (Fsp3) is 0.278. The molecular weight excluding hydrogens is 360 g/mol. The van der Waals surface area contributed by atoms with Crippen molar-refractivity contribution >= 4 is 22.4 Å². The van der Waals surface area contributed by atoms with Gasteiger partial charge in [0, 0.05) is 10.4 Å². The number of nitrogens with one attached hydrogen (secondary N) is 1. The molecule has 0 saturated carbocycles. The first kappa shape index (κ1) is 16.8. The van der Waals surface area contributed by atoms with Crippen LogP contribution in [0.4, 0.5) is 13.9 Å². The molecule has 8 heteroatoms. The van der Waals surface area contributed by atoms with E-state index >= 15 is 0 Å². The summed E-state index contributed by atoms with van der Waals surface area (Å²) in [5, 5.41) is 2.86. The predicted octanol–water partition coefficient (Wildman–Crippen LogP) is 4.79. The van der Waals surface area contributed by atoms with Gasteiger partial charge in [-0.1, -0.05) is 12.1 Å². The van der Waals surface area contributed by atoms with E-state index in [4.69, 9.17) is 4.42 Å². The maximum atomic E-state index is 12.8. The Labute approximate surface area is 152 Å². The number of halogens is 2. The Kier molecular flexibility index (Phi) is 4.28. The summed E-state index contributed by atoms with van der Waals surface area (Å²) in [6.07, 6.45) is 1.29. The summed E-state index contributed by atoms with van der Waals surface area (Å²) in [6, 6.07) is 6.29. The minimum absolute atomic E-state index is 0.333. The summed E-state index contributed by atoms with van der Waals surface area (Å²) >= 11 is 1.29. The van der Waals surface area contributed by atoms with Gasteiger partial charge < -0.3 is 4.42 Å². The van der Waals surface area contributed by atoms with Crippen LogP contribution >= 0.6 is 11.3 Å². The third-order valence-corrected chi connectivity index (χ3v) is 5.28. The first-order valence-electron chi connectivity index (χ1n) is 8.15. The van der Waals surface area contributed by atoms with E-state index in [0.717, 1.165) is 35.4 Å². The van der Waals surface area contributed by atoms with Crippen LogP contribution in [0.5, 0.6) is 0 Å². The van der Waals surface area contributed by atoms with E-state index in [1.165, 1.54) is 28.9 Å². The van der Waals surface area contributed by atoms with Gasteiger partial charge in [0.05, 0.1) is 5.69 Å². The van der Waals surface area contributed by atoms with Gasteiger partial charge in [-0.2, -0.15) is 0 Å². The topological polar surface area (TPSA) is 68.0 Å². The molecule has 0 radical (unpaired) electrons. The number of amides is 1. The maximum absolute atomic E-state index is 12.8. The van der Waals surface area contributed by atoms with E-state index in [2.05, 4.69) is 27.4 Å². The quantitative estimate of drug-likeness (QED) is 0.712. The monoisotopic (exact) mass is 375 g/mol. The first-order chi connectivity index (χ1) is 12.5. The number of oxazole rings is 1. The number of rotatable bonds is 4. The van der Waals surface area contributed by atoms with E-state index in [1.54, 1.807) is 0 Å². The number of aromatic nitrogens is 2. The molecule has 0 aliphatic heterocycles. The summed E-state index contributed by atoms with van der Waals surface area (Å²) in [5.74, 6) is -1.28. The van der Waals surface area contributed by atoms with Crippen LogP contribution in [0.2, 0.25) is 0 Å². The highest BCUT2D eigenvalue weighted by molar-refractivity contribution is 7.16. The normalized spacial score (nSPS) is 13.2. The van der Waals surface area contributed by atoms with Crippen LogP contribution in [0.25, 0.3) is 11.3 Å². The van der Waals surface area contributed by atoms with Crippen molar-refractivity contribution < 1.29 is 18.0 Å². The molecule has 0 fully saturated rings. The minimum atomic E-state index is -2.88. The van der Waals surface area contributed by atoms with Gasteiger partial charge in [-0.15, -0.1) is 11.3 Å². The molecule has 0 bridgehead atoms.